The van der Waals surface area contributed by atoms with Crippen molar-refractivity contribution in [3.05, 3.63) is 0 Å². The molecule has 0 aromatic rings. The number of aliphatic hydroxyl groups is 1. The summed E-state index contributed by atoms with van der Waals surface area (Å²) < 4.78 is 68.8. The third-order valence-corrected chi connectivity index (χ3v) is 21.9. The van der Waals surface area contributed by atoms with Crippen LogP contribution in [0.25, 0.3) is 0 Å². The number of ether oxygens (including phenoxy) is 4. The van der Waals surface area contributed by atoms with Gasteiger partial charge in [-0.1, -0.05) is 376 Å². The molecule has 0 aliphatic carbocycles. The van der Waals surface area contributed by atoms with Gasteiger partial charge in [0, 0.05) is 25.7 Å². The summed E-state index contributed by atoms with van der Waals surface area (Å²) in [4.78, 5) is 73.1. The van der Waals surface area contributed by atoms with E-state index in [0.29, 0.717) is 31.6 Å². The number of phosphoric ester groups is 2. The highest BCUT2D eigenvalue weighted by Crippen LogP contribution is 2.45. The van der Waals surface area contributed by atoms with Crippen LogP contribution in [-0.2, 0) is 65.4 Å². The Balaban J connectivity index is 5.25. The molecule has 7 atom stereocenters. The molecular weight excluding hydrogens is 1330 g/mol. The number of carbonyl (C=O) groups excluding carboxylic acids is 4. The molecule has 0 aliphatic rings. The van der Waals surface area contributed by atoms with Gasteiger partial charge in [-0.05, 0) is 49.4 Å². The Labute approximate surface area is 626 Å². The molecule has 0 spiro atoms. The van der Waals surface area contributed by atoms with Crippen molar-refractivity contribution in [2.45, 2.75) is 446 Å². The Bertz CT molecular complexity index is 1990. The van der Waals surface area contributed by atoms with E-state index in [9.17, 15) is 43.2 Å². The molecule has 102 heavy (non-hydrogen) atoms. The summed E-state index contributed by atoms with van der Waals surface area (Å²) in [6, 6.07) is 0. The maximum absolute atomic E-state index is 13.1. The lowest BCUT2D eigenvalue weighted by Crippen LogP contribution is -2.30. The van der Waals surface area contributed by atoms with Crippen molar-refractivity contribution in [2.75, 3.05) is 39.6 Å². The molecule has 0 rings (SSSR count). The van der Waals surface area contributed by atoms with E-state index in [4.69, 9.17) is 37.0 Å². The van der Waals surface area contributed by atoms with Crippen LogP contribution in [0.3, 0.4) is 0 Å². The third-order valence-electron chi connectivity index (χ3n) is 20.0. The molecule has 0 aromatic heterocycles. The van der Waals surface area contributed by atoms with E-state index in [0.717, 1.165) is 114 Å². The number of phosphoric acid groups is 2. The molecule has 0 bridgehead atoms. The van der Waals surface area contributed by atoms with Crippen molar-refractivity contribution in [3.8, 4) is 0 Å². The fourth-order valence-corrected chi connectivity index (χ4v) is 14.3. The van der Waals surface area contributed by atoms with Crippen LogP contribution >= 0.6 is 15.6 Å². The van der Waals surface area contributed by atoms with Crippen LogP contribution in [0.1, 0.15) is 428 Å². The molecule has 0 amide bonds. The molecule has 5 unspecified atom stereocenters. The van der Waals surface area contributed by atoms with Gasteiger partial charge in [0.05, 0.1) is 26.4 Å². The first-order valence-corrected chi connectivity index (χ1v) is 45.8. The number of rotatable bonds is 80. The average molecular weight is 1490 g/mol. The molecule has 0 saturated heterocycles. The quantitative estimate of drug-likeness (QED) is 0.0222. The predicted molar refractivity (Wildman–Crippen MR) is 418 cm³/mol. The summed E-state index contributed by atoms with van der Waals surface area (Å²) in [6.07, 6.45) is 59.6. The summed E-state index contributed by atoms with van der Waals surface area (Å²) in [5.74, 6) is 1.08. The van der Waals surface area contributed by atoms with Gasteiger partial charge in [0.25, 0.3) is 0 Å². The van der Waals surface area contributed by atoms with E-state index in [1.807, 2.05) is 0 Å². The van der Waals surface area contributed by atoms with Gasteiger partial charge in [0.15, 0.2) is 12.2 Å². The highest BCUT2D eigenvalue weighted by molar-refractivity contribution is 7.47. The Morgan fingerprint density at radius 3 is 0.696 bits per heavy atom. The molecule has 0 radical (unpaired) electrons. The lowest BCUT2D eigenvalue weighted by Gasteiger charge is -2.21. The maximum Gasteiger partial charge on any atom is 0.472 e. The Kier molecular flexibility index (Phi) is 70.6. The first-order valence-electron chi connectivity index (χ1n) is 42.8. The number of hydrogen-bond donors (Lipinski definition) is 3. The van der Waals surface area contributed by atoms with Gasteiger partial charge in [0.1, 0.15) is 19.3 Å². The van der Waals surface area contributed by atoms with Crippen LogP contribution in [0, 0.1) is 23.7 Å². The summed E-state index contributed by atoms with van der Waals surface area (Å²) in [6.45, 7) is 14.3. The molecule has 606 valence electrons. The average Bonchev–Trinajstić information content (AvgIpc) is 1.09. The van der Waals surface area contributed by atoms with E-state index in [1.165, 1.54) is 225 Å². The number of unbranched alkanes of at least 4 members (excludes halogenated alkanes) is 44. The molecule has 0 saturated carbocycles. The van der Waals surface area contributed by atoms with Gasteiger partial charge in [-0.15, -0.1) is 0 Å². The van der Waals surface area contributed by atoms with Crippen molar-refractivity contribution in [3.63, 3.8) is 0 Å². The predicted octanol–water partition coefficient (Wildman–Crippen LogP) is 24.8. The van der Waals surface area contributed by atoms with Crippen molar-refractivity contribution in [2.24, 2.45) is 23.7 Å². The minimum atomic E-state index is -4.96. The normalized spacial score (nSPS) is 14.5. The summed E-state index contributed by atoms with van der Waals surface area (Å²) >= 11 is 0. The Morgan fingerprint density at radius 2 is 0.471 bits per heavy atom. The van der Waals surface area contributed by atoms with Crippen LogP contribution in [-0.4, -0.2) is 96.7 Å². The largest absolute Gasteiger partial charge is 0.472 e. The van der Waals surface area contributed by atoms with Crippen molar-refractivity contribution < 1.29 is 80.2 Å². The van der Waals surface area contributed by atoms with E-state index in [-0.39, 0.29) is 25.7 Å². The highest BCUT2D eigenvalue weighted by atomic mass is 31.2. The van der Waals surface area contributed by atoms with Crippen LogP contribution in [0.5, 0.6) is 0 Å². The molecule has 17 nitrogen and oxygen atoms in total. The van der Waals surface area contributed by atoms with Gasteiger partial charge in [-0.2, -0.15) is 0 Å². The minimum Gasteiger partial charge on any atom is -0.462 e. The Morgan fingerprint density at radius 1 is 0.275 bits per heavy atom. The maximum atomic E-state index is 13.1. The smallest absolute Gasteiger partial charge is 0.462 e. The summed E-state index contributed by atoms with van der Waals surface area (Å²) in [5.41, 5.74) is 0. The molecular formula is C83H162O17P2. The van der Waals surface area contributed by atoms with E-state index in [2.05, 4.69) is 55.4 Å². The second-order valence-corrected chi connectivity index (χ2v) is 34.2. The zero-order chi connectivity index (χ0) is 75.3. The lowest BCUT2D eigenvalue weighted by molar-refractivity contribution is -0.161. The third kappa shape index (κ3) is 73.6. The highest BCUT2D eigenvalue weighted by Gasteiger charge is 2.30. The number of esters is 4. The standard InChI is InChI=1S/C83H162O17P2/c1-9-75(7)61-53-45-37-29-23-17-11-13-19-25-31-39-47-55-63-80(85)93-69-78(99-82(87)65-57-49-40-32-26-20-14-12-18-24-30-38-46-54-62-76(8)10-2)71-97-101(89,90)95-67-77(84)68-96-102(91,92)98-72-79(70-94-81(86)64-56-48-42-34-36-44-52-60-74(5)6)100-83(88)66-58-50-41-33-27-21-15-16-22-28-35-43-51-59-73(3)4/h73-79,84H,9-72H2,1-8H3,(H,89,90)(H,91,92)/t75?,76?,77?,78-,79-/m1/s1. The number of aliphatic hydroxyl groups excluding tert-OH is 1. The van der Waals surface area contributed by atoms with Crippen molar-refractivity contribution in [1.29, 1.82) is 0 Å². The fraction of sp³-hybridized carbons (Fsp3) is 0.952. The van der Waals surface area contributed by atoms with Crippen molar-refractivity contribution >= 4 is 39.5 Å². The SMILES string of the molecule is CCC(C)CCCCCCCCCCCCCCCCC(=O)OC[C@H](COP(=O)(O)OCC(O)COP(=O)(O)OC[C@@H](COC(=O)CCCCCCCCCC(C)C)OC(=O)CCCCCCCCCCCCCCCC(C)C)OC(=O)CCCCCCCCCCCCCCCCC(C)CC. The van der Waals surface area contributed by atoms with Gasteiger partial charge in [-0.3, -0.25) is 37.3 Å². The van der Waals surface area contributed by atoms with Crippen LogP contribution in [0.4, 0.5) is 0 Å². The first kappa shape index (κ1) is 100. The van der Waals surface area contributed by atoms with E-state index in [1.54, 1.807) is 0 Å². The monoisotopic (exact) mass is 1490 g/mol. The second kappa shape index (κ2) is 72.0. The zero-order valence-electron chi connectivity index (χ0n) is 67.2. The number of hydrogen-bond acceptors (Lipinski definition) is 15. The summed E-state index contributed by atoms with van der Waals surface area (Å²) in [5, 5.41) is 10.7. The van der Waals surface area contributed by atoms with Crippen molar-refractivity contribution in [1.82, 2.24) is 0 Å². The lowest BCUT2D eigenvalue weighted by atomic mass is 9.99. The molecule has 19 heteroatoms. The topological polar surface area (TPSA) is 237 Å². The number of carbonyl (C=O) groups is 4. The van der Waals surface area contributed by atoms with Gasteiger partial charge in [0.2, 0.25) is 0 Å². The van der Waals surface area contributed by atoms with Gasteiger partial charge in [-0.25, -0.2) is 9.13 Å². The van der Waals surface area contributed by atoms with Crippen LogP contribution in [0.15, 0.2) is 0 Å². The minimum absolute atomic E-state index is 0.106. The fourth-order valence-electron chi connectivity index (χ4n) is 12.7. The van der Waals surface area contributed by atoms with E-state index < -0.39 is 97.5 Å². The first-order chi connectivity index (χ1) is 49.2. The van der Waals surface area contributed by atoms with Crippen LogP contribution < -0.4 is 0 Å². The Hall–Kier alpha value is -1.94. The van der Waals surface area contributed by atoms with Gasteiger partial charge < -0.3 is 33.8 Å². The summed E-state index contributed by atoms with van der Waals surface area (Å²) in [7, 11) is -9.93. The van der Waals surface area contributed by atoms with Crippen LogP contribution in [0.2, 0.25) is 0 Å². The van der Waals surface area contributed by atoms with Gasteiger partial charge >= 0.3 is 39.5 Å². The molecule has 0 aromatic carbocycles. The molecule has 0 fully saturated rings. The van der Waals surface area contributed by atoms with E-state index >= 15 is 0 Å². The zero-order valence-corrected chi connectivity index (χ0v) is 69.0. The molecule has 0 heterocycles. The second-order valence-electron chi connectivity index (χ2n) is 31.3. The molecule has 3 N–H and O–H groups in total. The molecule has 0 aliphatic heterocycles.